The highest BCUT2D eigenvalue weighted by Crippen LogP contribution is 2.09. The number of nitrogens with zero attached hydrogens (tertiary/aromatic N) is 3. The van der Waals surface area contributed by atoms with Crippen LogP contribution in [0.4, 0.5) is 0 Å². The van der Waals surface area contributed by atoms with Gasteiger partial charge in [-0.15, -0.1) is 0 Å². The summed E-state index contributed by atoms with van der Waals surface area (Å²) in [6, 6.07) is 10.5. The molecule has 0 radical (unpaired) electrons. The Labute approximate surface area is 120 Å². The van der Waals surface area contributed by atoms with Crippen LogP contribution in [0.5, 0.6) is 0 Å². The smallest absolute Gasteiger partial charge is 0.261 e. The van der Waals surface area contributed by atoms with E-state index >= 15 is 0 Å². The van der Waals surface area contributed by atoms with Gasteiger partial charge in [-0.3, -0.25) is 19.1 Å². The molecule has 2 heterocycles. The van der Waals surface area contributed by atoms with E-state index in [4.69, 9.17) is 0 Å². The van der Waals surface area contributed by atoms with Gasteiger partial charge in [-0.05, 0) is 24.3 Å². The Hall–Kier alpha value is -2.82. The number of carbonyl (C=O) groups is 1. The van der Waals surface area contributed by atoms with Gasteiger partial charge in [0.25, 0.3) is 5.56 Å². The highest BCUT2D eigenvalue weighted by molar-refractivity contribution is 5.97. The third-order valence-corrected chi connectivity index (χ3v) is 3.38. The summed E-state index contributed by atoms with van der Waals surface area (Å²) in [5, 5.41) is 0.553. The largest absolute Gasteiger partial charge is 0.299 e. The normalized spacial score (nSPS) is 10.7. The minimum absolute atomic E-state index is 0.0717. The van der Waals surface area contributed by atoms with E-state index in [-0.39, 0.29) is 17.8 Å². The number of Topliss-reactive ketones (excluding diaryl/α,β-unsaturated/α-hetero) is 1. The van der Waals surface area contributed by atoms with Gasteiger partial charge < -0.3 is 0 Å². The van der Waals surface area contributed by atoms with Crippen LogP contribution in [-0.2, 0) is 13.5 Å². The molecule has 3 aromatic rings. The van der Waals surface area contributed by atoms with E-state index in [1.165, 1.54) is 10.8 Å². The number of carbonyl (C=O) groups excluding carboxylic acids is 1. The van der Waals surface area contributed by atoms with Crippen LogP contribution in [0.15, 0.2) is 53.6 Å². The SMILES string of the molecule is Cn1c(CC(=O)c2cccnc2)nc2ccccc2c1=O. The first kappa shape index (κ1) is 13.2. The molecule has 1 aromatic carbocycles. The predicted octanol–water partition coefficient (Wildman–Crippen LogP) is 1.75. The monoisotopic (exact) mass is 279 g/mol. The molecule has 0 unspecified atom stereocenters. The maximum absolute atomic E-state index is 12.3. The van der Waals surface area contributed by atoms with Crippen LogP contribution < -0.4 is 5.56 Å². The van der Waals surface area contributed by atoms with Crippen molar-refractivity contribution in [2.24, 2.45) is 7.05 Å². The number of hydrogen-bond acceptors (Lipinski definition) is 4. The van der Waals surface area contributed by atoms with Crippen molar-refractivity contribution in [1.29, 1.82) is 0 Å². The molecule has 0 aliphatic rings. The maximum atomic E-state index is 12.3. The molecule has 0 bridgehead atoms. The third-order valence-electron chi connectivity index (χ3n) is 3.38. The number of ketones is 1. The highest BCUT2D eigenvalue weighted by Gasteiger charge is 2.13. The topological polar surface area (TPSA) is 64.8 Å². The molecular weight excluding hydrogens is 266 g/mol. The molecular formula is C16H13N3O2. The Kier molecular flexibility index (Phi) is 3.31. The summed E-state index contributed by atoms with van der Waals surface area (Å²) in [4.78, 5) is 32.8. The van der Waals surface area contributed by atoms with Gasteiger partial charge in [0.15, 0.2) is 5.78 Å². The third kappa shape index (κ3) is 2.45. The van der Waals surface area contributed by atoms with Gasteiger partial charge >= 0.3 is 0 Å². The lowest BCUT2D eigenvalue weighted by Gasteiger charge is -2.08. The fourth-order valence-corrected chi connectivity index (χ4v) is 2.20. The van der Waals surface area contributed by atoms with Gasteiger partial charge in [0.2, 0.25) is 0 Å². The molecule has 0 saturated heterocycles. The number of para-hydroxylation sites is 1. The minimum Gasteiger partial charge on any atom is -0.299 e. The molecule has 5 nitrogen and oxygen atoms in total. The Bertz CT molecular complexity index is 870. The molecule has 0 atom stereocenters. The van der Waals surface area contributed by atoms with E-state index in [1.807, 2.05) is 6.07 Å². The molecule has 21 heavy (non-hydrogen) atoms. The Morgan fingerprint density at radius 3 is 2.76 bits per heavy atom. The van der Waals surface area contributed by atoms with E-state index in [0.29, 0.717) is 22.3 Å². The summed E-state index contributed by atoms with van der Waals surface area (Å²) >= 11 is 0. The van der Waals surface area contributed by atoms with E-state index < -0.39 is 0 Å². The van der Waals surface area contributed by atoms with Crippen LogP contribution in [0, 0.1) is 0 Å². The summed E-state index contributed by atoms with van der Waals surface area (Å²) in [6.45, 7) is 0. The molecule has 3 rings (SSSR count). The van der Waals surface area contributed by atoms with Crippen molar-refractivity contribution in [2.45, 2.75) is 6.42 Å². The minimum atomic E-state index is -0.144. The van der Waals surface area contributed by atoms with Gasteiger partial charge in [0.1, 0.15) is 5.82 Å². The first-order valence-corrected chi connectivity index (χ1v) is 6.54. The van der Waals surface area contributed by atoms with Gasteiger partial charge in [0.05, 0.1) is 17.3 Å². The maximum Gasteiger partial charge on any atom is 0.261 e. The second-order valence-electron chi connectivity index (χ2n) is 4.75. The van der Waals surface area contributed by atoms with Crippen molar-refractivity contribution in [3.63, 3.8) is 0 Å². The fraction of sp³-hybridized carbons (Fsp3) is 0.125. The van der Waals surface area contributed by atoms with Gasteiger partial charge in [-0.2, -0.15) is 0 Å². The van der Waals surface area contributed by atoms with Gasteiger partial charge in [-0.25, -0.2) is 4.98 Å². The van der Waals surface area contributed by atoms with E-state index in [1.54, 1.807) is 43.6 Å². The van der Waals surface area contributed by atoms with E-state index in [0.717, 1.165) is 0 Å². The Morgan fingerprint density at radius 2 is 2.00 bits per heavy atom. The van der Waals surface area contributed by atoms with Crippen LogP contribution >= 0.6 is 0 Å². The van der Waals surface area contributed by atoms with Crippen molar-refractivity contribution in [1.82, 2.24) is 14.5 Å². The van der Waals surface area contributed by atoms with Crippen molar-refractivity contribution >= 4 is 16.7 Å². The summed E-state index contributed by atoms with van der Waals surface area (Å²) in [5.74, 6) is 0.341. The molecule has 0 spiro atoms. The van der Waals surface area contributed by atoms with Crippen LogP contribution in [0.25, 0.3) is 10.9 Å². The zero-order valence-electron chi connectivity index (χ0n) is 11.5. The number of fused-ring (bicyclic) bond motifs is 1. The highest BCUT2D eigenvalue weighted by atomic mass is 16.1. The molecule has 0 fully saturated rings. The molecule has 0 N–H and O–H groups in total. The van der Waals surface area contributed by atoms with Crippen LogP contribution in [0.3, 0.4) is 0 Å². The van der Waals surface area contributed by atoms with Crippen LogP contribution in [0.2, 0.25) is 0 Å². The number of pyridine rings is 1. The average Bonchev–Trinajstić information content (AvgIpc) is 2.53. The zero-order chi connectivity index (χ0) is 14.8. The lowest BCUT2D eigenvalue weighted by atomic mass is 10.1. The standard InChI is InChI=1S/C16H13N3O2/c1-19-15(9-14(20)11-5-4-8-17-10-11)18-13-7-3-2-6-12(13)16(19)21/h2-8,10H,9H2,1H3. The van der Waals surface area contributed by atoms with Gasteiger partial charge in [-0.1, -0.05) is 12.1 Å². The van der Waals surface area contributed by atoms with Crippen molar-refractivity contribution < 1.29 is 4.79 Å². The molecule has 2 aromatic heterocycles. The lowest BCUT2D eigenvalue weighted by molar-refractivity contribution is 0.0989. The molecule has 0 saturated carbocycles. The zero-order valence-corrected chi connectivity index (χ0v) is 11.5. The van der Waals surface area contributed by atoms with Crippen LogP contribution in [-0.4, -0.2) is 20.3 Å². The van der Waals surface area contributed by atoms with Gasteiger partial charge in [0, 0.05) is 25.0 Å². The lowest BCUT2D eigenvalue weighted by Crippen LogP contribution is -2.24. The average molecular weight is 279 g/mol. The van der Waals surface area contributed by atoms with Crippen molar-refractivity contribution in [2.75, 3.05) is 0 Å². The molecule has 0 aliphatic carbocycles. The van der Waals surface area contributed by atoms with E-state index in [9.17, 15) is 9.59 Å². The molecule has 5 heteroatoms. The number of hydrogen-bond donors (Lipinski definition) is 0. The quantitative estimate of drug-likeness (QED) is 0.685. The molecule has 0 amide bonds. The first-order valence-electron chi connectivity index (χ1n) is 6.54. The van der Waals surface area contributed by atoms with Crippen molar-refractivity contribution in [3.8, 4) is 0 Å². The second kappa shape index (κ2) is 5.28. The van der Waals surface area contributed by atoms with E-state index in [2.05, 4.69) is 9.97 Å². The fourth-order valence-electron chi connectivity index (χ4n) is 2.20. The molecule has 0 aliphatic heterocycles. The summed E-state index contributed by atoms with van der Waals surface area (Å²) in [5.41, 5.74) is 0.976. The first-order chi connectivity index (χ1) is 10.2. The second-order valence-corrected chi connectivity index (χ2v) is 4.75. The summed E-state index contributed by atoms with van der Waals surface area (Å²) in [7, 11) is 1.63. The predicted molar refractivity (Wildman–Crippen MR) is 79.3 cm³/mol. The van der Waals surface area contributed by atoms with Crippen LogP contribution in [0.1, 0.15) is 16.2 Å². The summed E-state index contributed by atoms with van der Waals surface area (Å²) in [6.07, 6.45) is 3.20. The number of benzene rings is 1. The summed E-state index contributed by atoms with van der Waals surface area (Å²) < 4.78 is 1.43. The Balaban J connectivity index is 2.04. The number of aromatic nitrogens is 3. The Morgan fingerprint density at radius 1 is 1.19 bits per heavy atom. The van der Waals surface area contributed by atoms with Crippen molar-refractivity contribution in [3.05, 3.63) is 70.5 Å². The number of rotatable bonds is 3. The molecule has 104 valence electrons.